The van der Waals surface area contributed by atoms with Crippen molar-refractivity contribution in [2.75, 3.05) is 12.8 Å². The Labute approximate surface area is 99.7 Å². The monoisotopic (exact) mass is 288 g/mol. The van der Waals surface area contributed by atoms with E-state index in [1.807, 2.05) is 0 Å². The van der Waals surface area contributed by atoms with E-state index < -0.39 is 10.9 Å². The predicted octanol–water partition coefficient (Wildman–Crippen LogP) is 2.03. The molecule has 1 rings (SSSR count). The average Bonchev–Trinajstić information content (AvgIpc) is 2.25. The minimum absolute atomic E-state index is 0.0392. The highest BCUT2D eigenvalue weighted by Crippen LogP contribution is 2.34. The summed E-state index contributed by atoms with van der Waals surface area (Å²) in [6, 6.07) is 1.14. The van der Waals surface area contributed by atoms with Crippen LogP contribution >= 0.6 is 15.9 Å². The summed E-state index contributed by atoms with van der Waals surface area (Å²) in [7, 11) is 1.19. The van der Waals surface area contributed by atoms with Crippen molar-refractivity contribution in [3.05, 3.63) is 31.8 Å². The van der Waals surface area contributed by atoms with Crippen molar-refractivity contribution in [2.24, 2.45) is 0 Å². The molecule has 0 fully saturated rings. The molecule has 0 amide bonds. The summed E-state index contributed by atoms with van der Waals surface area (Å²) >= 11 is 3.11. The van der Waals surface area contributed by atoms with E-state index in [4.69, 9.17) is 5.73 Å². The van der Waals surface area contributed by atoms with E-state index in [9.17, 15) is 14.9 Å². The van der Waals surface area contributed by atoms with E-state index in [-0.39, 0.29) is 16.9 Å². The molecule has 0 saturated heterocycles. The zero-order chi connectivity index (χ0) is 12.5. The molecule has 0 atom stereocenters. The first-order valence-electron chi connectivity index (χ1n) is 4.21. The summed E-state index contributed by atoms with van der Waals surface area (Å²) in [6.45, 7) is 1.51. The van der Waals surface area contributed by atoms with Gasteiger partial charge in [0.25, 0.3) is 5.69 Å². The third kappa shape index (κ3) is 1.99. The molecule has 86 valence electrons. The van der Waals surface area contributed by atoms with Gasteiger partial charge in [-0.2, -0.15) is 0 Å². The number of benzene rings is 1. The van der Waals surface area contributed by atoms with Crippen LogP contribution in [-0.4, -0.2) is 18.0 Å². The van der Waals surface area contributed by atoms with Gasteiger partial charge in [-0.1, -0.05) is 0 Å². The summed E-state index contributed by atoms with van der Waals surface area (Å²) in [4.78, 5) is 21.5. The Morgan fingerprint density at radius 3 is 2.62 bits per heavy atom. The van der Waals surface area contributed by atoms with Gasteiger partial charge in [-0.3, -0.25) is 10.1 Å². The fourth-order valence-electron chi connectivity index (χ4n) is 1.20. The lowest BCUT2D eigenvalue weighted by atomic mass is 10.1. The number of esters is 1. The number of nitro groups is 1. The third-order valence-corrected chi connectivity index (χ3v) is 3.00. The van der Waals surface area contributed by atoms with Crippen LogP contribution in [0.1, 0.15) is 15.9 Å². The standard InChI is InChI=1S/C9H9BrN2O4/c1-4-6(12(14)15)3-5(9(13)16-2)7(10)8(4)11/h3H,11H2,1-2H3. The maximum Gasteiger partial charge on any atom is 0.339 e. The number of hydrogen-bond donors (Lipinski definition) is 1. The molecular formula is C9H9BrN2O4. The summed E-state index contributed by atoms with van der Waals surface area (Å²) in [5, 5.41) is 10.7. The Morgan fingerprint density at radius 1 is 1.62 bits per heavy atom. The zero-order valence-electron chi connectivity index (χ0n) is 8.61. The Kier molecular flexibility index (Phi) is 3.48. The second-order valence-electron chi connectivity index (χ2n) is 3.04. The van der Waals surface area contributed by atoms with E-state index in [1.165, 1.54) is 14.0 Å². The molecule has 0 saturated carbocycles. The van der Waals surface area contributed by atoms with Crippen molar-refractivity contribution in [2.45, 2.75) is 6.92 Å². The van der Waals surface area contributed by atoms with E-state index in [2.05, 4.69) is 20.7 Å². The lowest BCUT2D eigenvalue weighted by Crippen LogP contribution is -2.07. The number of nitro benzene ring substituents is 1. The minimum Gasteiger partial charge on any atom is -0.465 e. The lowest BCUT2D eigenvalue weighted by Gasteiger charge is -2.08. The first-order valence-corrected chi connectivity index (χ1v) is 5.00. The van der Waals surface area contributed by atoms with Gasteiger partial charge in [-0.25, -0.2) is 4.79 Å². The van der Waals surface area contributed by atoms with Crippen molar-refractivity contribution < 1.29 is 14.5 Å². The number of hydrogen-bond acceptors (Lipinski definition) is 5. The van der Waals surface area contributed by atoms with Crippen molar-refractivity contribution in [3.63, 3.8) is 0 Å². The second kappa shape index (κ2) is 4.48. The van der Waals surface area contributed by atoms with Crippen LogP contribution in [0.3, 0.4) is 0 Å². The zero-order valence-corrected chi connectivity index (χ0v) is 10.2. The molecule has 16 heavy (non-hydrogen) atoms. The number of methoxy groups -OCH3 is 1. The van der Waals surface area contributed by atoms with Gasteiger partial charge in [0, 0.05) is 6.07 Å². The molecule has 0 heterocycles. The number of nitrogens with two attached hydrogens (primary N) is 1. The molecule has 2 N–H and O–H groups in total. The first kappa shape index (κ1) is 12.4. The van der Waals surface area contributed by atoms with Gasteiger partial charge < -0.3 is 10.5 Å². The van der Waals surface area contributed by atoms with E-state index in [0.29, 0.717) is 10.0 Å². The number of carbonyl (C=O) groups is 1. The topological polar surface area (TPSA) is 95.5 Å². The highest BCUT2D eigenvalue weighted by molar-refractivity contribution is 9.10. The molecule has 0 aliphatic rings. The number of ether oxygens (including phenoxy) is 1. The molecule has 6 nitrogen and oxygen atoms in total. The molecule has 0 aliphatic carbocycles. The fraction of sp³-hybridized carbons (Fsp3) is 0.222. The minimum atomic E-state index is -0.679. The van der Waals surface area contributed by atoms with Gasteiger partial charge in [0.05, 0.1) is 33.3 Å². The molecule has 1 aromatic rings. The number of nitrogen functional groups attached to an aromatic ring is 1. The van der Waals surface area contributed by atoms with E-state index in [0.717, 1.165) is 6.07 Å². The Morgan fingerprint density at radius 2 is 2.19 bits per heavy atom. The first-order chi connectivity index (χ1) is 7.40. The van der Waals surface area contributed by atoms with Gasteiger partial charge in [-0.05, 0) is 22.9 Å². The Balaban J connectivity index is 3.53. The molecule has 1 aromatic carbocycles. The van der Waals surface area contributed by atoms with Gasteiger partial charge in [-0.15, -0.1) is 0 Å². The van der Waals surface area contributed by atoms with Crippen molar-refractivity contribution in [1.29, 1.82) is 0 Å². The lowest BCUT2D eigenvalue weighted by molar-refractivity contribution is -0.385. The van der Waals surface area contributed by atoms with Crippen LogP contribution in [0.4, 0.5) is 11.4 Å². The van der Waals surface area contributed by atoms with Gasteiger partial charge in [0.15, 0.2) is 0 Å². The number of carbonyl (C=O) groups excluding carboxylic acids is 1. The van der Waals surface area contributed by atoms with Crippen LogP contribution in [0.5, 0.6) is 0 Å². The maximum absolute atomic E-state index is 11.3. The van der Waals surface area contributed by atoms with Crippen LogP contribution in [0.15, 0.2) is 10.5 Å². The smallest absolute Gasteiger partial charge is 0.339 e. The molecule has 7 heteroatoms. The molecule has 0 bridgehead atoms. The van der Waals surface area contributed by atoms with Gasteiger partial charge in [0.1, 0.15) is 0 Å². The summed E-state index contributed by atoms with van der Waals surface area (Å²) in [6.07, 6.45) is 0. The number of halogens is 1. The number of rotatable bonds is 2. The molecular weight excluding hydrogens is 280 g/mol. The van der Waals surface area contributed by atoms with Crippen LogP contribution in [0, 0.1) is 17.0 Å². The van der Waals surface area contributed by atoms with E-state index in [1.54, 1.807) is 0 Å². The molecule has 0 radical (unpaired) electrons. The Bertz CT molecular complexity index is 473. The molecule has 0 aliphatic heterocycles. The predicted molar refractivity (Wildman–Crippen MR) is 61.3 cm³/mol. The van der Waals surface area contributed by atoms with Gasteiger partial charge in [0.2, 0.25) is 0 Å². The summed E-state index contributed by atoms with van der Waals surface area (Å²) in [5.74, 6) is -0.679. The second-order valence-corrected chi connectivity index (χ2v) is 3.84. The highest BCUT2D eigenvalue weighted by Gasteiger charge is 2.22. The molecule has 0 unspecified atom stereocenters. The van der Waals surface area contributed by atoms with Gasteiger partial charge >= 0.3 is 5.97 Å². The Hall–Kier alpha value is -1.63. The molecule has 0 aromatic heterocycles. The van der Waals surface area contributed by atoms with Crippen molar-refractivity contribution in [3.8, 4) is 0 Å². The fourth-order valence-corrected chi connectivity index (χ4v) is 1.78. The van der Waals surface area contributed by atoms with Crippen LogP contribution < -0.4 is 5.73 Å². The van der Waals surface area contributed by atoms with Crippen LogP contribution in [0.25, 0.3) is 0 Å². The molecule has 0 spiro atoms. The quantitative estimate of drug-likeness (QED) is 0.389. The SMILES string of the molecule is COC(=O)c1cc([N+](=O)[O-])c(C)c(N)c1Br. The largest absolute Gasteiger partial charge is 0.465 e. The van der Waals surface area contributed by atoms with Crippen molar-refractivity contribution in [1.82, 2.24) is 0 Å². The van der Waals surface area contributed by atoms with E-state index >= 15 is 0 Å². The highest BCUT2D eigenvalue weighted by atomic mass is 79.9. The van der Waals surface area contributed by atoms with Crippen molar-refractivity contribution >= 4 is 33.3 Å². The summed E-state index contributed by atoms with van der Waals surface area (Å²) < 4.78 is 4.81. The average molecular weight is 289 g/mol. The summed E-state index contributed by atoms with van der Waals surface area (Å²) in [5.41, 5.74) is 5.96. The normalized spacial score (nSPS) is 9.94. The number of nitrogens with zero attached hydrogens (tertiary/aromatic N) is 1. The van der Waals surface area contributed by atoms with Crippen LogP contribution in [0.2, 0.25) is 0 Å². The number of anilines is 1. The maximum atomic E-state index is 11.3. The van der Waals surface area contributed by atoms with Crippen LogP contribution in [-0.2, 0) is 4.74 Å². The third-order valence-electron chi connectivity index (χ3n) is 2.14.